The smallest absolute Gasteiger partial charge is 0.00366 e. The maximum Gasteiger partial charge on any atom is -0.00366 e. The fourth-order valence-corrected chi connectivity index (χ4v) is 0.900. The van der Waals surface area contributed by atoms with Crippen molar-refractivity contribution in [1.82, 2.24) is 0 Å². The van der Waals surface area contributed by atoms with Crippen LogP contribution in [0.4, 0.5) is 0 Å². The van der Waals surface area contributed by atoms with Crippen molar-refractivity contribution in [3.8, 4) is 0 Å². The first kappa shape index (κ1) is 10.2. The molecule has 0 saturated carbocycles. The van der Waals surface area contributed by atoms with Gasteiger partial charge in [-0.2, -0.15) is 0 Å². The SMILES string of the molecule is C=C/C(C)=C(\C=C/C)CCN. The second-order valence-corrected chi connectivity index (χ2v) is 2.45. The lowest BCUT2D eigenvalue weighted by Crippen LogP contribution is -2.00. The molecule has 0 aliphatic heterocycles. The van der Waals surface area contributed by atoms with Gasteiger partial charge in [0.25, 0.3) is 0 Å². The van der Waals surface area contributed by atoms with E-state index in [4.69, 9.17) is 5.73 Å². The Labute approximate surface area is 69.3 Å². The van der Waals surface area contributed by atoms with Gasteiger partial charge in [-0.1, -0.05) is 24.8 Å². The number of hydrogen-bond acceptors (Lipinski definition) is 1. The summed E-state index contributed by atoms with van der Waals surface area (Å²) in [6.07, 6.45) is 6.91. The van der Waals surface area contributed by atoms with E-state index in [1.54, 1.807) is 0 Å². The topological polar surface area (TPSA) is 26.0 Å². The molecule has 62 valence electrons. The summed E-state index contributed by atoms with van der Waals surface area (Å²) in [6, 6.07) is 0. The molecule has 0 aliphatic carbocycles. The maximum absolute atomic E-state index is 5.45. The van der Waals surface area contributed by atoms with Crippen molar-refractivity contribution >= 4 is 0 Å². The summed E-state index contributed by atoms with van der Waals surface area (Å²) in [5.74, 6) is 0. The van der Waals surface area contributed by atoms with Gasteiger partial charge >= 0.3 is 0 Å². The molecule has 0 radical (unpaired) electrons. The van der Waals surface area contributed by atoms with Crippen LogP contribution in [0, 0.1) is 0 Å². The summed E-state index contributed by atoms with van der Waals surface area (Å²) in [5, 5.41) is 0. The summed E-state index contributed by atoms with van der Waals surface area (Å²) >= 11 is 0. The maximum atomic E-state index is 5.45. The minimum Gasteiger partial charge on any atom is -0.330 e. The van der Waals surface area contributed by atoms with Gasteiger partial charge in [0, 0.05) is 0 Å². The van der Waals surface area contributed by atoms with Crippen molar-refractivity contribution in [2.75, 3.05) is 6.54 Å². The summed E-state index contributed by atoms with van der Waals surface area (Å²) in [7, 11) is 0. The molecule has 1 nitrogen and oxygen atoms in total. The zero-order valence-corrected chi connectivity index (χ0v) is 7.43. The quantitative estimate of drug-likeness (QED) is 0.613. The van der Waals surface area contributed by atoms with Crippen LogP contribution in [0.25, 0.3) is 0 Å². The highest BCUT2D eigenvalue weighted by Gasteiger charge is 1.93. The molecule has 0 rings (SSSR count). The molecule has 0 fully saturated rings. The number of rotatable bonds is 4. The average molecular weight is 151 g/mol. The lowest BCUT2D eigenvalue weighted by atomic mass is 10.1. The van der Waals surface area contributed by atoms with Gasteiger partial charge in [0.1, 0.15) is 0 Å². The van der Waals surface area contributed by atoms with Crippen molar-refractivity contribution in [2.24, 2.45) is 5.73 Å². The third-order valence-corrected chi connectivity index (χ3v) is 1.59. The number of hydrogen-bond donors (Lipinski definition) is 1. The van der Waals surface area contributed by atoms with Crippen LogP contribution in [0.1, 0.15) is 20.3 Å². The fraction of sp³-hybridized carbons (Fsp3) is 0.400. The van der Waals surface area contributed by atoms with E-state index in [2.05, 4.69) is 19.6 Å². The fourth-order valence-electron chi connectivity index (χ4n) is 0.900. The van der Waals surface area contributed by atoms with Crippen molar-refractivity contribution in [2.45, 2.75) is 20.3 Å². The van der Waals surface area contributed by atoms with Crippen LogP contribution < -0.4 is 5.73 Å². The monoisotopic (exact) mass is 151 g/mol. The highest BCUT2D eigenvalue weighted by atomic mass is 14.5. The summed E-state index contributed by atoms with van der Waals surface area (Å²) in [5.41, 5.74) is 7.95. The van der Waals surface area contributed by atoms with Crippen molar-refractivity contribution in [1.29, 1.82) is 0 Å². The van der Waals surface area contributed by atoms with Gasteiger partial charge < -0.3 is 5.73 Å². The van der Waals surface area contributed by atoms with Crippen LogP contribution in [0.2, 0.25) is 0 Å². The molecule has 0 bridgehead atoms. The third-order valence-electron chi connectivity index (χ3n) is 1.59. The standard InChI is InChI=1S/C10H17N/c1-4-6-10(7-8-11)9(3)5-2/h4-6H,2,7-8,11H2,1,3H3/b6-4-,10-9+. The molecule has 0 saturated heterocycles. The molecule has 0 atom stereocenters. The van der Waals surface area contributed by atoms with Gasteiger partial charge in [-0.3, -0.25) is 0 Å². The minimum absolute atomic E-state index is 0.699. The van der Waals surface area contributed by atoms with E-state index in [0.29, 0.717) is 6.54 Å². The summed E-state index contributed by atoms with van der Waals surface area (Å²) in [6.45, 7) is 8.47. The second kappa shape index (κ2) is 5.93. The van der Waals surface area contributed by atoms with E-state index in [9.17, 15) is 0 Å². The Balaban J connectivity index is 4.42. The summed E-state index contributed by atoms with van der Waals surface area (Å²) < 4.78 is 0. The molecule has 0 spiro atoms. The first-order chi connectivity index (χ1) is 5.26. The minimum atomic E-state index is 0.699. The molecule has 0 aromatic rings. The molecule has 0 aromatic carbocycles. The molecular weight excluding hydrogens is 134 g/mol. The van der Waals surface area contributed by atoms with Gasteiger partial charge in [0.15, 0.2) is 0 Å². The van der Waals surface area contributed by atoms with Gasteiger partial charge in [0.05, 0.1) is 0 Å². The zero-order chi connectivity index (χ0) is 8.69. The van der Waals surface area contributed by atoms with E-state index in [1.165, 1.54) is 11.1 Å². The van der Waals surface area contributed by atoms with Crippen LogP contribution in [0.15, 0.2) is 36.0 Å². The van der Waals surface area contributed by atoms with Crippen molar-refractivity contribution in [3.05, 3.63) is 36.0 Å². The Kier molecular flexibility index (Phi) is 5.49. The molecule has 2 N–H and O–H groups in total. The van der Waals surface area contributed by atoms with Gasteiger partial charge in [-0.05, 0) is 38.0 Å². The van der Waals surface area contributed by atoms with E-state index >= 15 is 0 Å². The van der Waals surface area contributed by atoms with Crippen LogP contribution in [-0.4, -0.2) is 6.54 Å². The molecule has 0 aliphatic rings. The first-order valence-corrected chi connectivity index (χ1v) is 3.91. The largest absolute Gasteiger partial charge is 0.330 e. The predicted molar refractivity (Wildman–Crippen MR) is 51.4 cm³/mol. The van der Waals surface area contributed by atoms with Crippen LogP contribution >= 0.6 is 0 Å². The Hall–Kier alpha value is -0.820. The molecule has 0 unspecified atom stereocenters. The zero-order valence-electron chi connectivity index (χ0n) is 7.43. The van der Waals surface area contributed by atoms with E-state index < -0.39 is 0 Å². The molecule has 0 aromatic heterocycles. The normalized spacial score (nSPS) is 13.4. The van der Waals surface area contributed by atoms with Crippen LogP contribution in [0.5, 0.6) is 0 Å². The van der Waals surface area contributed by atoms with E-state index in [1.807, 2.05) is 19.1 Å². The highest BCUT2D eigenvalue weighted by Crippen LogP contribution is 2.09. The second-order valence-electron chi connectivity index (χ2n) is 2.45. The third kappa shape index (κ3) is 3.79. The lowest BCUT2D eigenvalue weighted by Gasteiger charge is -2.01. The van der Waals surface area contributed by atoms with Gasteiger partial charge in [-0.15, -0.1) is 0 Å². The van der Waals surface area contributed by atoms with Crippen LogP contribution in [-0.2, 0) is 0 Å². The van der Waals surface area contributed by atoms with E-state index in [0.717, 1.165) is 6.42 Å². The van der Waals surface area contributed by atoms with Gasteiger partial charge in [-0.25, -0.2) is 0 Å². The average Bonchev–Trinajstić information content (AvgIpc) is 2.03. The molecule has 1 heteroatoms. The number of nitrogens with two attached hydrogens (primary N) is 1. The lowest BCUT2D eigenvalue weighted by molar-refractivity contribution is 0.963. The van der Waals surface area contributed by atoms with Crippen molar-refractivity contribution < 1.29 is 0 Å². The van der Waals surface area contributed by atoms with Crippen LogP contribution in [0.3, 0.4) is 0 Å². The first-order valence-electron chi connectivity index (χ1n) is 3.91. The molecule has 11 heavy (non-hydrogen) atoms. The Morgan fingerprint density at radius 3 is 2.55 bits per heavy atom. The Bertz CT molecular complexity index is 175. The summed E-state index contributed by atoms with van der Waals surface area (Å²) in [4.78, 5) is 0. The number of allylic oxidation sites excluding steroid dienone is 4. The highest BCUT2D eigenvalue weighted by molar-refractivity contribution is 5.30. The molecule has 0 heterocycles. The van der Waals surface area contributed by atoms with Gasteiger partial charge in [0.2, 0.25) is 0 Å². The molecule has 0 amide bonds. The van der Waals surface area contributed by atoms with E-state index in [-0.39, 0.29) is 0 Å². The Morgan fingerprint density at radius 2 is 2.18 bits per heavy atom. The predicted octanol–water partition coefficient (Wildman–Crippen LogP) is 2.41. The van der Waals surface area contributed by atoms with Crippen molar-refractivity contribution in [3.63, 3.8) is 0 Å². The Morgan fingerprint density at radius 1 is 1.55 bits per heavy atom. The molecular formula is C10H17N.